The molecule has 16 heavy (non-hydrogen) atoms. The van der Waals surface area contributed by atoms with Crippen molar-refractivity contribution in [2.45, 2.75) is 63.4 Å². The second-order valence-electron chi connectivity index (χ2n) is 4.53. The van der Waals surface area contributed by atoms with E-state index < -0.39 is 0 Å². The number of hydrogen-bond acceptors (Lipinski definition) is 2. The minimum atomic E-state index is 0.273. The van der Waals surface area contributed by atoms with Crippen molar-refractivity contribution in [3.63, 3.8) is 0 Å². The van der Waals surface area contributed by atoms with Gasteiger partial charge in [0.05, 0.1) is 18.1 Å². The van der Waals surface area contributed by atoms with Gasteiger partial charge >= 0.3 is 0 Å². The SMILES string of the molecule is CCCCCCSCCO[C@@H]1CCC[C@@H]1Cl. The average molecular weight is 265 g/mol. The van der Waals surface area contributed by atoms with Crippen molar-refractivity contribution in [2.75, 3.05) is 18.1 Å². The Morgan fingerprint density at radius 1 is 1.19 bits per heavy atom. The molecule has 1 aliphatic rings. The van der Waals surface area contributed by atoms with Crippen molar-refractivity contribution < 1.29 is 4.74 Å². The van der Waals surface area contributed by atoms with E-state index in [1.165, 1.54) is 37.9 Å². The lowest BCUT2D eigenvalue weighted by molar-refractivity contribution is 0.0727. The lowest BCUT2D eigenvalue weighted by Gasteiger charge is -2.14. The second kappa shape index (κ2) is 9.61. The number of hydrogen-bond donors (Lipinski definition) is 0. The van der Waals surface area contributed by atoms with Crippen LogP contribution >= 0.6 is 23.4 Å². The average Bonchev–Trinajstić information content (AvgIpc) is 2.68. The minimum absolute atomic E-state index is 0.273. The first-order chi connectivity index (χ1) is 7.84. The fourth-order valence-electron chi connectivity index (χ4n) is 2.06. The van der Waals surface area contributed by atoms with Crippen molar-refractivity contribution in [2.24, 2.45) is 0 Å². The molecule has 2 atom stereocenters. The van der Waals surface area contributed by atoms with Gasteiger partial charge < -0.3 is 4.74 Å². The summed E-state index contributed by atoms with van der Waals surface area (Å²) in [5.41, 5.74) is 0. The first-order valence-corrected chi connectivity index (χ1v) is 8.27. The van der Waals surface area contributed by atoms with Gasteiger partial charge in [-0.2, -0.15) is 11.8 Å². The molecule has 0 spiro atoms. The fourth-order valence-corrected chi connectivity index (χ4v) is 3.24. The zero-order valence-electron chi connectivity index (χ0n) is 10.4. The number of alkyl halides is 1. The lowest BCUT2D eigenvalue weighted by atomic mass is 10.2. The maximum atomic E-state index is 6.14. The summed E-state index contributed by atoms with van der Waals surface area (Å²) in [6.07, 6.45) is 9.33. The van der Waals surface area contributed by atoms with Crippen molar-refractivity contribution in [1.29, 1.82) is 0 Å². The number of ether oxygens (including phenoxy) is 1. The van der Waals surface area contributed by atoms with Crippen molar-refractivity contribution in [3.8, 4) is 0 Å². The normalized spacial score (nSPS) is 25.1. The molecular formula is C13H25ClOS. The highest BCUT2D eigenvalue weighted by Crippen LogP contribution is 2.26. The van der Waals surface area contributed by atoms with Crippen LogP contribution in [0.3, 0.4) is 0 Å². The van der Waals surface area contributed by atoms with Gasteiger partial charge in [0.1, 0.15) is 0 Å². The molecule has 1 saturated carbocycles. The molecule has 1 nitrogen and oxygen atoms in total. The summed E-state index contributed by atoms with van der Waals surface area (Å²) in [7, 11) is 0. The first kappa shape index (κ1) is 14.7. The van der Waals surface area contributed by atoms with Gasteiger partial charge in [0.2, 0.25) is 0 Å². The Labute approximate surface area is 110 Å². The molecule has 0 amide bonds. The van der Waals surface area contributed by atoms with Crippen LogP contribution in [0, 0.1) is 0 Å². The molecule has 0 aliphatic heterocycles. The summed E-state index contributed by atoms with van der Waals surface area (Å²) in [5.74, 6) is 2.42. The van der Waals surface area contributed by atoms with Crippen LogP contribution in [0.15, 0.2) is 0 Å². The molecule has 1 rings (SSSR count). The molecule has 0 bridgehead atoms. The Bertz CT molecular complexity index is 166. The number of unbranched alkanes of at least 4 members (excludes halogenated alkanes) is 3. The van der Waals surface area contributed by atoms with Crippen LogP contribution < -0.4 is 0 Å². The van der Waals surface area contributed by atoms with E-state index in [1.54, 1.807) is 0 Å². The molecule has 0 aromatic carbocycles. The van der Waals surface area contributed by atoms with Crippen LogP contribution in [0.1, 0.15) is 51.9 Å². The minimum Gasteiger partial charge on any atom is -0.376 e. The second-order valence-corrected chi connectivity index (χ2v) is 6.31. The summed E-state index contributed by atoms with van der Waals surface area (Å²) >= 11 is 8.16. The predicted octanol–water partition coefficient (Wildman–Crippen LogP) is 4.48. The van der Waals surface area contributed by atoms with E-state index >= 15 is 0 Å². The quantitative estimate of drug-likeness (QED) is 0.449. The highest BCUT2D eigenvalue weighted by molar-refractivity contribution is 7.99. The molecule has 96 valence electrons. The predicted molar refractivity (Wildman–Crippen MR) is 74.7 cm³/mol. The summed E-state index contributed by atoms with van der Waals surface area (Å²) in [5, 5.41) is 0.273. The largest absolute Gasteiger partial charge is 0.376 e. The molecule has 0 radical (unpaired) electrons. The van der Waals surface area contributed by atoms with Crippen LogP contribution in [0.4, 0.5) is 0 Å². The Hall–Kier alpha value is 0.600. The number of rotatable bonds is 9. The van der Waals surface area contributed by atoms with Gasteiger partial charge in [-0.3, -0.25) is 0 Å². The Balaban J connectivity index is 1.81. The molecular weight excluding hydrogens is 240 g/mol. The maximum absolute atomic E-state index is 6.14. The van der Waals surface area contributed by atoms with Gasteiger partial charge in [-0.25, -0.2) is 0 Å². The molecule has 3 heteroatoms. The Kier molecular flexibility index (Phi) is 8.81. The number of halogens is 1. The van der Waals surface area contributed by atoms with Crippen LogP contribution in [-0.2, 0) is 4.74 Å². The Morgan fingerprint density at radius 3 is 2.75 bits per heavy atom. The fraction of sp³-hybridized carbons (Fsp3) is 1.00. The molecule has 0 N–H and O–H groups in total. The molecule has 0 saturated heterocycles. The highest BCUT2D eigenvalue weighted by atomic mass is 35.5. The van der Waals surface area contributed by atoms with Crippen molar-refractivity contribution >= 4 is 23.4 Å². The van der Waals surface area contributed by atoms with Crippen LogP contribution in [0.25, 0.3) is 0 Å². The smallest absolute Gasteiger partial charge is 0.0739 e. The number of thioether (sulfide) groups is 1. The van der Waals surface area contributed by atoms with E-state index in [-0.39, 0.29) is 5.38 Å². The van der Waals surface area contributed by atoms with Gasteiger partial charge in [0.25, 0.3) is 0 Å². The third-order valence-corrected chi connectivity index (χ3v) is 4.61. The van der Waals surface area contributed by atoms with E-state index in [9.17, 15) is 0 Å². The third kappa shape index (κ3) is 6.36. The van der Waals surface area contributed by atoms with E-state index in [2.05, 4.69) is 6.92 Å². The standard InChI is InChI=1S/C13H25ClOS/c1-2-3-4-5-10-16-11-9-15-13-8-6-7-12(13)14/h12-13H,2-11H2,1H3/t12-,13+/m0/s1. The zero-order chi connectivity index (χ0) is 11.6. The van der Waals surface area contributed by atoms with Crippen LogP contribution in [0.2, 0.25) is 0 Å². The van der Waals surface area contributed by atoms with Crippen molar-refractivity contribution in [3.05, 3.63) is 0 Å². The van der Waals surface area contributed by atoms with Crippen LogP contribution in [-0.4, -0.2) is 29.6 Å². The van der Waals surface area contributed by atoms with Gasteiger partial charge in [0.15, 0.2) is 0 Å². The molecule has 0 aromatic heterocycles. The third-order valence-electron chi connectivity index (χ3n) is 3.07. The Morgan fingerprint density at radius 2 is 2.06 bits per heavy atom. The molecule has 1 fully saturated rings. The summed E-state index contributed by atoms with van der Waals surface area (Å²) in [6.45, 7) is 3.14. The summed E-state index contributed by atoms with van der Waals surface area (Å²) in [4.78, 5) is 0. The molecule has 1 aliphatic carbocycles. The van der Waals surface area contributed by atoms with E-state index in [1.807, 2.05) is 11.8 Å². The van der Waals surface area contributed by atoms with Gasteiger partial charge in [0, 0.05) is 5.75 Å². The molecule has 0 unspecified atom stereocenters. The van der Waals surface area contributed by atoms with E-state index in [0.29, 0.717) is 6.10 Å². The summed E-state index contributed by atoms with van der Waals surface area (Å²) in [6, 6.07) is 0. The van der Waals surface area contributed by atoms with Crippen LogP contribution in [0.5, 0.6) is 0 Å². The van der Waals surface area contributed by atoms with Gasteiger partial charge in [-0.1, -0.05) is 26.2 Å². The van der Waals surface area contributed by atoms with E-state index in [4.69, 9.17) is 16.3 Å². The highest BCUT2D eigenvalue weighted by Gasteiger charge is 2.25. The lowest BCUT2D eigenvalue weighted by Crippen LogP contribution is -2.19. The van der Waals surface area contributed by atoms with Gasteiger partial charge in [-0.05, 0) is 31.4 Å². The monoisotopic (exact) mass is 264 g/mol. The first-order valence-electron chi connectivity index (χ1n) is 6.68. The summed E-state index contributed by atoms with van der Waals surface area (Å²) < 4.78 is 5.79. The molecule has 0 heterocycles. The maximum Gasteiger partial charge on any atom is 0.0739 e. The van der Waals surface area contributed by atoms with Gasteiger partial charge in [-0.15, -0.1) is 11.6 Å². The van der Waals surface area contributed by atoms with E-state index in [0.717, 1.165) is 25.2 Å². The molecule has 0 aromatic rings. The topological polar surface area (TPSA) is 9.23 Å². The van der Waals surface area contributed by atoms with Crippen molar-refractivity contribution in [1.82, 2.24) is 0 Å². The zero-order valence-corrected chi connectivity index (χ0v) is 12.0.